The van der Waals surface area contributed by atoms with Crippen LogP contribution in [0, 0.1) is 6.92 Å². The van der Waals surface area contributed by atoms with E-state index in [2.05, 4.69) is 51.0 Å². The normalized spacial score (nSPS) is 17.0. The highest BCUT2D eigenvalue weighted by atomic mass is 16.2. The van der Waals surface area contributed by atoms with Crippen molar-refractivity contribution in [2.24, 2.45) is 0 Å². The van der Waals surface area contributed by atoms with Crippen molar-refractivity contribution in [1.82, 2.24) is 14.9 Å². The molecule has 154 valence electrons. The van der Waals surface area contributed by atoms with Gasteiger partial charge < -0.3 is 14.7 Å². The zero-order valence-corrected chi connectivity index (χ0v) is 17.4. The molecule has 0 aliphatic carbocycles. The van der Waals surface area contributed by atoms with E-state index >= 15 is 0 Å². The molecule has 1 aromatic heterocycles. The van der Waals surface area contributed by atoms with E-state index in [0.29, 0.717) is 0 Å². The van der Waals surface area contributed by atoms with Crippen molar-refractivity contribution in [2.45, 2.75) is 19.8 Å². The van der Waals surface area contributed by atoms with Crippen LogP contribution in [0.2, 0.25) is 0 Å². The molecule has 0 radical (unpaired) electrons. The molecule has 5 rings (SSSR count). The topological polar surface area (TPSA) is 52.6 Å². The SMILES string of the molecule is Cc1ccc(N2CCN(C(=O)c3ccc4ncnc(N5CCCC5)c4c3)CC2)cc1. The molecule has 2 aliphatic heterocycles. The minimum Gasteiger partial charge on any atom is -0.368 e. The number of carbonyl (C=O) groups is 1. The number of aryl methyl sites for hydroxylation is 1. The zero-order chi connectivity index (χ0) is 20.5. The maximum atomic E-state index is 13.2. The molecule has 0 bridgehead atoms. The number of anilines is 2. The quantitative estimate of drug-likeness (QED) is 0.672. The lowest BCUT2D eigenvalue weighted by atomic mass is 10.1. The third-order valence-corrected chi connectivity index (χ3v) is 6.23. The number of hydrogen-bond donors (Lipinski definition) is 0. The summed E-state index contributed by atoms with van der Waals surface area (Å²) in [7, 11) is 0. The van der Waals surface area contributed by atoms with E-state index in [9.17, 15) is 4.79 Å². The predicted octanol–water partition coefficient (Wildman–Crippen LogP) is 3.50. The Kier molecular flexibility index (Phi) is 4.99. The van der Waals surface area contributed by atoms with Gasteiger partial charge in [0, 0.05) is 55.9 Å². The van der Waals surface area contributed by atoms with Crippen molar-refractivity contribution in [1.29, 1.82) is 0 Å². The second-order valence-corrected chi connectivity index (χ2v) is 8.24. The fraction of sp³-hybridized carbons (Fsp3) is 0.375. The van der Waals surface area contributed by atoms with E-state index in [0.717, 1.165) is 61.6 Å². The Morgan fingerprint density at radius 2 is 1.57 bits per heavy atom. The highest BCUT2D eigenvalue weighted by Gasteiger charge is 2.23. The fourth-order valence-electron chi connectivity index (χ4n) is 4.46. The van der Waals surface area contributed by atoms with Gasteiger partial charge in [-0.3, -0.25) is 4.79 Å². The summed E-state index contributed by atoms with van der Waals surface area (Å²) in [5, 5.41) is 0.976. The van der Waals surface area contributed by atoms with Crippen molar-refractivity contribution in [2.75, 3.05) is 49.1 Å². The van der Waals surface area contributed by atoms with Crippen LogP contribution in [0.4, 0.5) is 11.5 Å². The molecule has 30 heavy (non-hydrogen) atoms. The molecule has 1 amide bonds. The molecule has 0 spiro atoms. The van der Waals surface area contributed by atoms with Crippen LogP contribution in [0.25, 0.3) is 10.9 Å². The first-order chi connectivity index (χ1) is 14.7. The van der Waals surface area contributed by atoms with Gasteiger partial charge in [0.05, 0.1) is 5.52 Å². The van der Waals surface area contributed by atoms with E-state index in [-0.39, 0.29) is 5.91 Å². The highest BCUT2D eigenvalue weighted by molar-refractivity contribution is 6.00. The molecule has 2 aromatic carbocycles. The third kappa shape index (κ3) is 3.58. The molecule has 6 heteroatoms. The molecule has 3 heterocycles. The van der Waals surface area contributed by atoms with Crippen molar-refractivity contribution in [3.05, 3.63) is 59.9 Å². The predicted molar refractivity (Wildman–Crippen MR) is 120 cm³/mol. The summed E-state index contributed by atoms with van der Waals surface area (Å²) in [5.41, 5.74) is 4.11. The summed E-state index contributed by atoms with van der Waals surface area (Å²) >= 11 is 0. The van der Waals surface area contributed by atoms with Gasteiger partial charge in [-0.1, -0.05) is 17.7 Å². The lowest BCUT2D eigenvalue weighted by Gasteiger charge is -2.36. The first-order valence-electron chi connectivity index (χ1n) is 10.8. The van der Waals surface area contributed by atoms with Crippen LogP contribution in [-0.2, 0) is 0 Å². The van der Waals surface area contributed by atoms with E-state index in [1.54, 1.807) is 6.33 Å². The van der Waals surface area contributed by atoms with E-state index in [1.165, 1.54) is 24.1 Å². The number of rotatable bonds is 3. The van der Waals surface area contributed by atoms with Crippen LogP contribution in [0.1, 0.15) is 28.8 Å². The molecule has 0 unspecified atom stereocenters. The Balaban J connectivity index is 1.33. The fourth-order valence-corrected chi connectivity index (χ4v) is 4.46. The van der Waals surface area contributed by atoms with Gasteiger partial charge in [0.25, 0.3) is 5.91 Å². The number of nitrogens with zero attached hydrogens (tertiary/aromatic N) is 5. The standard InChI is InChI=1S/C24H27N5O/c1-18-4-7-20(8-5-18)27-12-14-29(15-13-27)24(30)19-6-9-22-21(16-19)23(26-17-25-22)28-10-2-3-11-28/h4-9,16-17H,2-3,10-15H2,1H3. The highest BCUT2D eigenvalue weighted by Crippen LogP contribution is 2.27. The van der Waals surface area contributed by atoms with Gasteiger partial charge in [-0.2, -0.15) is 0 Å². The number of piperazine rings is 1. The third-order valence-electron chi connectivity index (χ3n) is 6.23. The Hall–Kier alpha value is -3.15. The van der Waals surface area contributed by atoms with Crippen LogP contribution in [0.15, 0.2) is 48.8 Å². The molecular weight excluding hydrogens is 374 g/mol. The van der Waals surface area contributed by atoms with Crippen LogP contribution >= 0.6 is 0 Å². The summed E-state index contributed by atoms with van der Waals surface area (Å²) in [6.07, 6.45) is 4.01. The number of aromatic nitrogens is 2. The molecule has 2 aliphatic rings. The summed E-state index contributed by atoms with van der Waals surface area (Å²) < 4.78 is 0. The number of benzene rings is 2. The van der Waals surface area contributed by atoms with Gasteiger partial charge in [-0.25, -0.2) is 9.97 Å². The summed E-state index contributed by atoms with van der Waals surface area (Å²) in [4.78, 5) is 28.8. The van der Waals surface area contributed by atoms with Crippen molar-refractivity contribution in [3.63, 3.8) is 0 Å². The minimum absolute atomic E-state index is 0.0941. The van der Waals surface area contributed by atoms with Gasteiger partial charge in [0.2, 0.25) is 0 Å². The van der Waals surface area contributed by atoms with Crippen molar-refractivity contribution >= 4 is 28.3 Å². The Labute approximate surface area is 177 Å². The average Bonchev–Trinajstić information content (AvgIpc) is 3.33. The molecule has 0 N–H and O–H groups in total. The average molecular weight is 402 g/mol. The van der Waals surface area contributed by atoms with Gasteiger partial charge in [-0.15, -0.1) is 0 Å². The molecule has 2 saturated heterocycles. The molecular formula is C24H27N5O. The van der Waals surface area contributed by atoms with E-state index in [1.807, 2.05) is 23.1 Å². The largest absolute Gasteiger partial charge is 0.368 e. The van der Waals surface area contributed by atoms with Crippen LogP contribution in [-0.4, -0.2) is 60.0 Å². The zero-order valence-electron chi connectivity index (χ0n) is 17.4. The minimum atomic E-state index is 0.0941. The second-order valence-electron chi connectivity index (χ2n) is 8.24. The number of amides is 1. The molecule has 2 fully saturated rings. The Morgan fingerprint density at radius 3 is 2.30 bits per heavy atom. The van der Waals surface area contributed by atoms with Gasteiger partial charge in [0.15, 0.2) is 0 Å². The van der Waals surface area contributed by atoms with Crippen molar-refractivity contribution < 1.29 is 4.79 Å². The molecule has 0 saturated carbocycles. The summed E-state index contributed by atoms with van der Waals surface area (Å²) in [6.45, 7) is 7.31. The van der Waals surface area contributed by atoms with E-state index in [4.69, 9.17) is 0 Å². The maximum absolute atomic E-state index is 13.2. The summed E-state index contributed by atoms with van der Waals surface area (Å²) in [6, 6.07) is 14.4. The lowest BCUT2D eigenvalue weighted by Crippen LogP contribution is -2.48. The number of hydrogen-bond acceptors (Lipinski definition) is 5. The second kappa shape index (κ2) is 7.94. The Morgan fingerprint density at radius 1 is 0.833 bits per heavy atom. The van der Waals surface area contributed by atoms with Crippen LogP contribution < -0.4 is 9.80 Å². The first-order valence-corrected chi connectivity index (χ1v) is 10.8. The van der Waals surface area contributed by atoms with Crippen LogP contribution in [0.5, 0.6) is 0 Å². The first kappa shape index (κ1) is 18.9. The molecule has 6 nitrogen and oxygen atoms in total. The van der Waals surface area contributed by atoms with Crippen LogP contribution in [0.3, 0.4) is 0 Å². The van der Waals surface area contributed by atoms with Crippen molar-refractivity contribution in [3.8, 4) is 0 Å². The summed E-state index contributed by atoms with van der Waals surface area (Å²) in [5.74, 6) is 1.05. The van der Waals surface area contributed by atoms with E-state index < -0.39 is 0 Å². The molecule has 3 aromatic rings. The Bertz CT molecular complexity index is 1050. The lowest BCUT2D eigenvalue weighted by molar-refractivity contribution is 0.0747. The maximum Gasteiger partial charge on any atom is 0.254 e. The monoisotopic (exact) mass is 401 g/mol. The number of carbonyl (C=O) groups excluding carboxylic acids is 1. The van der Waals surface area contributed by atoms with Gasteiger partial charge in [-0.05, 0) is 50.1 Å². The number of fused-ring (bicyclic) bond motifs is 1. The smallest absolute Gasteiger partial charge is 0.254 e. The molecule has 0 atom stereocenters. The van der Waals surface area contributed by atoms with Gasteiger partial charge in [0.1, 0.15) is 12.1 Å². The van der Waals surface area contributed by atoms with Gasteiger partial charge >= 0.3 is 0 Å².